The van der Waals surface area contributed by atoms with Crippen LogP contribution in [-0.4, -0.2) is 39.6 Å². The number of anilines is 1. The van der Waals surface area contributed by atoms with Crippen LogP contribution < -0.4 is 11.3 Å². The lowest BCUT2D eigenvalue weighted by Crippen LogP contribution is -2.42. The third-order valence-corrected chi connectivity index (χ3v) is 2.45. The van der Waals surface area contributed by atoms with Crippen molar-refractivity contribution in [1.82, 2.24) is 9.88 Å². The van der Waals surface area contributed by atoms with E-state index in [9.17, 15) is 9.90 Å². The maximum atomic E-state index is 12.3. The number of nitrogens with one attached hydrogen (secondary N) is 1. The predicted octanol–water partition coefficient (Wildman–Crippen LogP) is 0.600. The number of hydrazine groups is 1. The Morgan fingerprint density at radius 3 is 2.78 bits per heavy atom. The fourth-order valence-electron chi connectivity index (χ4n) is 1.66. The first-order chi connectivity index (χ1) is 8.39. The summed E-state index contributed by atoms with van der Waals surface area (Å²) in [6.45, 7) is 5.96. The standard InChI is InChI=1S/C12H20N4O2/c1-4-16(8-12(2,3)18)11(17)9-5-6-14-7-10(9)15-13/h5-7,15,18H,4,8,13H2,1-3H3. The largest absolute Gasteiger partial charge is 0.389 e. The highest BCUT2D eigenvalue weighted by Gasteiger charge is 2.23. The topological polar surface area (TPSA) is 91.5 Å². The van der Waals surface area contributed by atoms with E-state index in [1.54, 1.807) is 24.8 Å². The van der Waals surface area contributed by atoms with Crippen molar-refractivity contribution in [2.75, 3.05) is 18.5 Å². The molecule has 6 heteroatoms. The lowest BCUT2D eigenvalue weighted by Gasteiger charge is -2.28. The maximum absolute atomic E-state index is 12.3. The third-order valence-electron chi connectivity index (χ3n) is 2.45. The monoisotopic (exact) mass is 252 g/mol. The van der Waals surface area contributed by atoms with Crippen LogP contribution in [0, 0.1) is 0 Å². The van der Waals surface area contributed by atoms with E-state index in [1.807, 2.05) is 6.92 Å². The number of likely N-dealkylation sites (N-methyl/N-ethyl adjacent to an activating group) is 1. The Hall–Kier alpha value is -1.66. The minimum absolute atomic E-state index is 0.185. The highest BCUT2D eigenvalue weighted by molar-refractivity contribution is 5.99. The smallest absolute Gasteiger partial charge is 0.256 e. The molecule has 1 heterocycles. The van der Waals surface area contributed by atoms with E-state index in [0.717, 1.165) is 0 Å². The predicted molar refractivity (Wildman–Crippen MR) is 69.9 cm³/mol. The van der Waals surface area contributed by atoms with Gasteiger partial charge in [-0.25, -0.2) is 0 Å². The molecule has 0 aliphatic carbocycles. The van der Waals surface area contributed by atoms with Crippen LogP contribution in [0.2, 0.25) is 0 Å². The molecule has 0 unspecified atom stereocenters. The van der Waals surface area contributed by atoms with Crippen LogP contribution in [0.1, 0.15) is 31.1 Å². The Kier molecular flexibility index (Phi) is 4.63. The quantitative estimate of drug-likeness (QED) is 0.527. The highest BCUT2D eigenvalue weighted by Crippen LogP contribution is 2.16. The van der Waals surface area contributed by atoms with Crippen molar-refractivity contribution in [3.63, 3.8) is 0 Å². The second kappa shape index (κ2) is 5.79. The molecule has 0 aromatic carbocycles. The Labute approximate surface area is 107 Å². The van der Waals surface area contributed by atoms with Gasteiger partial charge in [0.2, 0.25) is 0 Å². The summed E-state index contributed by atoms with van der Waals surface area (Å²) in [4.78, 5) is 17.8. The average Bonchev–Trinajstić information content (AvgIpc) is 2.34. The number of nitrogen functional groups attached to an aromatic ring is 1. The Bertz CT molecular complexity index is 415. The van der Waals surface area contributed by atoms with Crippen LogP contribution in [0.5, 0.6) is 0 Å². The summed E-state index contributed by atoms with van der Waals surface area (Å²) in [5, 5.41) is 9.79. The number of rotatable bonds is 5. The molecule has 0 atom stereocenters. The molecule has 1 aromatic rings. The van der Waals surface area contributed by atoms with Gasteiger partial charge in [-0.3, -0.25) is 15.6 Å². The van der Waals surface area contributed by atoms with Gasteiger partial charge in [0.1, 0.15) is 0 Å². The van der Waals surface area contributed by atoms with Gasteiger partial charge in [0.25, 0.3) is 5.91 Å². The zero-order chi connectivity index (χ0) is 13.8. The number of pyridine rings is 1. The third kappa shape index (κ3) is 3.68. The van der Waals surface area contributed by atoms with E-state index in [2.05, 4.69) is 10.4 Å². The number of amides is 1. The molecule has 0 spiro atoms. The summed E-state index contributed by atoms with van der Waals surface area (Å²) >= 11 is 0. The van der Waals surface area contributed by atoms with Gasteiger partial charge in [-0.1, -0.05) is 0 Å². The number of aromatic nitrogens is 1. The van der Waals surface area contributed by atoms with Gasteiger partial charge < -0.3 is 15.4 Å². The first-order valence-corrected chi connectivity index (χ1v) is 5.81. The normalized spacial score (nSPS) is 11.2. The average molecular weight is 252 g/mol. The second-order valence-corrected chi connectivity index (χ2v) is 4.70. The molecule has 0 saturated carbocycles. The van der Waals surface area contributed by atoms with Gasteiger partial charge in [-0.05, 0) is 26.8 Å². The molecule has 0 aliphatic heterocycles. The van der Waals surface area contributed by atoms with Crippen molar-refractivity contribution in [3.05, 3.63) is 24.0 Å². The van der Waals surface area contributed by atoms with E-state index in [-0.39, 0.29) is 12.5 Å². The lowest BCUT2D eigenvalue weighted by atomic mass is 10.1. The molecule has 6 nitrogen and oxygen atoms in total. The van der Waals surface area contributed by atoms with Crippen molar-refractivity contribution in [2.45, 2.75) is 26.4 Å². The fourth-order valence-corrected chi connectivity index (χ4v) is 1.66. The van der Waals surface area contributed by atoms with E-state index in [1.165, 1.54) is 12.4 Å². The molecule has 1 amide bonds. The van der Waals surface area contributed by atoms with Crippen LogP contribution in [0.15, 0.2) is 18.5 Å². The fraction of sp³-hybridized carbons (Fsp3) is 0.500. The molecule has 0 fully saturated rings. The summed E-state index contributed by atoms with van der Waals surface area (Å²) in [6, 6.07) is 1.60. The van der Waals surface area contributed by atoms with E-state index in [4.69, 9.17) is 5.84 Å². The minimum Gasteiger partial charge on any atom is -0.389 e. The van der Waals surface area contributed by atoms with Gasteiger partial charge in [0.15, 0.2) is 0 Å². The molecule has 0 saturated heterocycles. The second-order valence-electron chi connectivity index (χ2n) is 4.70. The number of carbonyl (C=O) groups is 1. The Morgan fingerprint density at radius 1 is 1.61 bits per heavy atom. The zero-order valence-corrected chi connectivity index (χ0v) is 11.0. The van der Waals surface area contributed by atoms with E-state index in [0.29, 0.717) is 17.8 Å². The number of hydrogen-bond acceptors (Lipinski definition) is 5. The Morgan fingerprint density at radius 2 is 2.28 bits per heavy atom. The minimum atomic E-state index is -0.936. The first kappa shape index (κ1) is 14.4. The van der Waals surface area contributed by atoms with Gasteiger partial charge in [0.05, 0.1) is 23.0 Å². The first-order valence-electron chi connectivity index (χ1n) is 5.81. The zero-order valence-electron chi connectivity index (χ0n) is 11.0. The molecule has 4 N–H and O–H groups in total. The SMILES string of the molecule is CCN(CC(C)(C)O)C(=O)c1ccncc1NN. The molecule has 0 radical (unpaired) electrons. The van der Waals surface area contributed by atoms with Gasteiger partial charge in [-0.15, -0.1) is 0 Å². The summed E-state index contributed by atoms with van der Waals surface area (Å²) < 4.78 is 0. The summed E-state index contributed by atoms with van der Waals surface area (Å²) in [5.74, 6) is 5.16. The van der Waals surface area contributed by atoms with Gasteiger partial charge in [-0.2, -0.15) is 0 Å². The van der Waals surface area contributed by atoms with Crippen LogP contribution in [0.4, 0.5) is 5.69 Å². The van der Waals surface area contributed by atoms with Crippen LogP contribution >= 0.6 is 0 Å². The number of nitrogens with two attached hydrogens (primary N) is 1. The molecule has 100 valence electrons. The maximum Gasteiger partial charge on any atom is 0.256 e. The van der Waals surface area contributed by atoms with E-state index < -0.39 is 5.60 Å². The molecule has 0 bridgehead atoms. The summed E-state index contributed by atoms with van der Waals surface area (Å²) in [5.41, 5.74) is 2.42. The number of aliphatic hydroxyl groups is 1. The van der Waals surface area contributed by atoms with Crippen LogP contribution in [-0.2, 0) is 0 Å². The summed E-state index contributed by atoms with van der Waals surface area (Å²) in [6.07, 6.45) is 3.02. The molecule has 1 aromatic heterocycles. The molecular formula is C12H20N4O2. The van der Waals surface area contributed by atoms with Gasteiger partial charge in [0, 0.05) is 19.3 Å². The van der Waals surface area contributed by atoms with Crippen LogP contribution in [0.3, 0.4) is 0 Å². The summed E-state index contributed by atoms with van der Waals surface area (Å²) in [7, 11) is 0. The van der Waals surface area contributed by atoms with E-state index >= 15 is 0 Å². The molecule has 18 heavy (non-hydrogen) atoms. The Balaban J connectivity index is 2.97. The molecule has 0 aliphatic rings. The number of hydrogen-bond donors (Lipinski definition) is 3. The molecular weight excluding hydrogens is 232 g/mol. The van der Waals surface area contributed by atoms with Crippen molar-refractivity contribution < 1.29 is 9.90 Å². The van der Waals surface area contributed by atoms with Gasteiger partial charge >= 0.3 is 0 Å². The molecule has 1 rings (SSSR count). The number of nitrogens with zero attached hydrogens (tertiary/aromatic N) is 2. The van der Waals surface area contributed by atoms with Crippen molar-refractivity contribution in [2.24, 2.45) is 5.84 Å². The van der Waals surface area contributed by atoms with Crippen molar-refractivity contribution in [3.8, 4) is 0 Å². The van der Waals surface area contributed by atoms with Crippen molar-refractivity contribution in [1.29, 1.82) is 0 Å². The number of carbonyl (C=O) groups excluding carboxylic acids is 1. The van der Waals surface area contributed by atoms with Crippen molar-refractivity contribution >= 4 is 11.6 Å². The highest BCUT2D eigenvalue weighted by atomic mass is 16.3. The lowest BCUT2D eigenvalue weighted by molar-refractivity contribution is 0.0315. The van der Waals surface area contributed by atoms with Crippen LogP contribution in [0.25, 0.3) is 0 Å².